The second kappa shape index (κ2) is 8.31. The van der Waals surface area contributed by atoms with Crippen molar-refractivity contribution in [2.24, 2.45) is 4.99 Å². The summed E-state index contributed by atoms with van der Waals surface area (Å²) < 4.78 is 0. The van der Waals surface area contributed by atoms with Crippen LogP contribution in [-0.4, -0.2) is 18.4 Å². The van der Waals surface area contributed by atoms with E-state index in [2.05, 4.69) is 22.4 Å². The largest absolute Gasteiger partial charge is 0.322 e. The molecule has 0 aliphatic carbocycles. The standard InChI is InChI=1S/C21H18N2OS/c1-25-18-13-11-16(12-14-18)15-22-20-10-6-5-9-19(20)21(24)23-17-7-3-2-4-8-17/h2-15H,1H3,(H,23,24). The maximum Gasteiger partial charge on any atom is 0.257 e. The van der Waals surface area contributed by atoms with E-state index < -0.39 is 0 Å². The molecule has 0 aliphatic heterocycles. The molecule has 1 amide bonds. The fourth-order valence-corrected chi connectivity index (χ4v) is 2.74. The number of nitrogens with one attached hydrogen (secondary N) is 1. The van der Waals surface area contributed by atoms with Crippen LogP contribution in [-0.2, 0) is 0 Å². The highest BCUT2D eigenvalue weighted by molar-refractivity contribution is 7.98. The molecular weight excluding hydrogens is 328 g/mol. The first-order valence-corrected chi connectivity index (χ1v) is 9.12. The lowest BCUT2D eigenvalue weighted by atomic mass is 10.1. The number of para-hydroxylation sites is 2. The van der Waals surface area contributed by atoms with Crippen LogP contribution < -0.4 is 5.32 Å². The van der Waals surface area contributed by atoms with Gasteiger partial charge in [0.2, 0.25) is 0 Å². The van der Waals surface area contributed by atoms with Crippen LogP contribution in [0.5, 0.6) is 0 Å². The van der Waals surface area contributed by atoms with Crippen molar-refractivity contribution < 1.29 is 4.79 Å². The number of hydrogen-bond donors (Lipinski definition) is 1. The second-order valence-electron chi connectivity index (χ2n) is 5.37. The summed E-state index contributed by atoms with van der Waals surface area (Å²) in [6, 6.07) is 24.9. The summed E-state index contributed by atoms with van der Waals surface area (Å²) in [4.78, 5) is 18.3. The number of thioether (sulfide) groups is 1. The molecule has 0 heterocycles. The molecule has 3 nitrogen and oxygen atoms in total. The third-order valence-electron chi connectivity index (χ3n) is 3.65. The number of hydrogen-bond acceptors (Lipinski definition) is 3. The van der Waals surface area contributed by atoms with Gasteiger partial charge in [0, 0.05) is 16.8 Å². The van der Waals surface area contributed by atoms with Gasteiger partial charge in [0.25, 0.3) is 5.91 Å². The van der Waals surface area contributed by atoms with Crippen LogP contribution in [0.1, 0.15) is 15.9 Å². The van der Waals surface area contributed by atoms with Crippen LogP contribution in [0.4, 0.5) is 11.4 Å². The van der Waals surface area contributed by atoms with Crippen molar-refractivity contribution in [3.8, 4) is 0 Å². The molecule has 124 valence electrons. The first kappa shape index (κ1) is 17.0. The summed E-state index contributed by atoms with van der Waals surface area (Å²) in [5.74, 6) is -0.170. The SMILES string of the molecule is CSc1ccc(C=Nc2ccccc2C(=O)Nc2ccccc2)cc1. The molecule has 3 aromatic rings. The average Bonchev–Trinajstić information content (AvgIpc) is 2.68. The molecule has 25 heavy (non-hydrogen) atoms. The summed E-state index contributed by atoms with van der Waals surface area (Å²) in [7, 11) is 0. The van der Waals surface area contributed by atoms with E-state index in [1.807, 2.05) is 66.9 Å². The van der Waals surface area contributed by atoms with E-state index in [0.717, 1.165) is 11.3 Å². The Hall–Kier alpha value is -2.85. The molecule has 0 radical (unpaired) electrons. The van der Waals surface area contributed by atoms with Crippen molar-refractivity contribution in [1.82, 2.24) is 0 Å². The van der Waals surface area contributed by atoms with Crippen molar-refractivity contribution >= 4 is 35.3 Å². The van der Waals surface area contributed by atoms with Crippen LogP contribution >= 0.6 is 11.8 Å². The van der Waals surface area contributed by atoms with Gasteiger partial charge in [0.1, 0.15) is 0 Å². The summed E-state index contributed by atoms with van der Waals surface area (Å²) in [6.45, 7) is 0. The summed E-state index contributed by atoms with van der Waals surface area (Å²) in [6.07, 6.45) is 3.82. The third-order valence-corrected chi connectivity index (χ3v) is 4.39. The maximum absolute atomic E-state index is 12.5. The number of amides is 1. The predicted molar refractivity (Wildman–Crippen MR) is 106 cm³/mol. The van der Waals surface area contributed by atoms with Gasteiger partial charge >= 0.3 is 0 Å². The van der Waals surface area contributed by atoms with Crippen LogP contribution in [0.3, 0.4) is 0 Å². The molecule has 4 heteroatoms. The zero-order chi connectivity index (χ0) is 17.5. The molecule has 0 fully saturated rings. The van der Waals surface area contributed by atoms with Crippen molar-refractivity contribution in [2.75, 3.05) is 11.6 Å². The normalized spacial score (nSPS) is 10.8. The molecule has 0 saturated heterocycles. The van der Waals surface area contributed by atoms with Gasteiger partial charge in [0.15, 0.2) is 0 Å². The zero-order valence-corrected chi connectivity index (χ0v) is 14.7. The Morgan fingerprint density at radius 2 is 1.60 bits per heavy atom. The van der Waals surface area contributed by atoms with Crippen molar-refractivity contribution in [2.45, 2.75) is 4.90 Å². The number of anilines is 1. The molecule has 0 atom stereocenters. The first-order chi connectivity index (χ1) is 12.3. The van der Waals surface area contributed by atoms with Gasteiger partial charge in [-0.05, 0) is 48.2 Å². The van der Waals surface area contributed by atoms with E-state index in [4.69, 9.17) is 0 Å². The summed E-state index contributed by atoms with van der Waals surface area (Å²) in [5, 5.41) is 2.90. The second-order valence-corrected chi connectivity index (χ2v) is 6.25. The van der Waals surface area contributed by atoms with E-state index in [0.29, 0.717) is 11.3 Å². The highest BCUT2D eigenvalue weighted by atomic mass is 32.2. The lowest BCUT2D eigenvalue weighted by molar-refractivity contribution is 0.102. The van der Waals surface area contributed by atoms with Gasteiger partial charge in [-0.1, -0.05) is 42.5 Å². The van der Waals surface area contributed by atoms with Crippen molar-refractivity contribution in [3.05, 3.63) is 90.0 Å². The Labute approximate surface area is 151 Å². The van der Waals surface area contributed by atoms with Crippen LogP contribution in [0.15, 0.2) is 88.8 Å². The van der Waals surface area contributed by atoms with Gasteiger partial charge in [-0.15, -0.1) is 11.8 Å². The number of carbonyl (C=O) groups excluding carboxylic acids is 1. The number of rotatable bonds is 5. The molecule has 3 rings (SSSR count). The monoisotopic (exact) mass is 346 g/mol. The molecule has 0 unspecified atom stereocenters. The molecular formula is C21H18N2OS. The van der Waals surface area contributed by atoms with E-state index in [1.165, 1.54) is 4.90 Å². The zero-order valence-electron chi connectivity index (χ0n) is 13.8. The molecule has 3 aromatic carbocycles. The quantitative estimate of drug-likeness (QED) is 0.495. The van der Waals surface area contributed by atoms with Gasteiger partial charge < -0.3 is 5.32 Å². The van der Waals surface area contributed by atoms with E-state index in [1.54, 1.807) is 24.0 Å². The van der Waals surface area contributed by atoms with Crippen molar-refractivity contribution in [3.63, 3.8) is 0 Å². The molecule has 1 N–H and O–H groups in total. The van der Waals surface area contributed by atoms with Crippen molar-refractivity contribution in [1.29, 1.82) is 0 Å². The van der Waals surface area contributed by atoms with Gasteiger partial charge in [-0.25, -0.2) is 0 Å². The summed E-state index contributed by atoms with van der Waals surface area (Å²) >= 11 is 1.70. The Morgan fingerprint density at radius 1 is 0.920 bits per heavy atom. The van der Waals surface area contributed by atoms with E-state index in [9.17, 15) is 4.79 Å². The molecule has 0 saturated carbocycles. The molecule has 0 aliphatic rings. The smallest absolute Gasteiger partial charge is 0.257 e. The Balaban J connectivity index is 1.80. The number of benzene rings is 3. The van der Waals surface area contributed by atoms with E-state index in [-0.39, 0.29) is 5.91 Å². The third kappa shape index (κ3) is 4.58. The lowest BCUT2D eigenvalue weighted by Gasteiger charge is -2.07. The fraction of sp³-hybridized carbons (Fsp3) is 0.0476. The van der Waals surface area contributed by atoms with Gasteiger partial charge in [-0.3, -0.25) is 9.79 Å². The Bertz CT molecular complexity index is 874. The van der Waals surface area contributed by atoms with Crippen LogP contribution in [0.25, 0.3) is 0 Å². The maximum atomic E-state index is 12.5. The average molecular weight is 346 g/mol. The van der Waals surface area contributed by atoms with Gasteiger partial charge in [0.05, 0.1) is 11.3 Å². The first-order valence-electron chi connectivity index (χ1n) is 7.90. The Morgan fingerprint density at radius 3 is 2.32 bits per heavy atom. The van der Waals surface area contributed by atoms with Crippen LogP contribution in [0.2, 0.25) is 0 Å². The van der Waals surface area contributed by atoms with Gasteiger partial charge in [-0.2, -0.15) is 0 Å². The number of aliphatic imine (C=N–C) groups is 1. The number of carbonyl (C=O) groups is 1. The minimum Gasteiger partial charge on any atom is -0.322 e. The lowest BCUT2D eigenvalue weighted by Crippen LogP contribution is -2.11. The van der Waals surface area contributed by atoms with Crippen LogP contribution in [0, 0.1) is 0 Å². The highest BCUT2D eigenvalue weighted by Gasteiger charge is 2.10. The summed E-state index contributed by atoms with van der Waals surface area (Å²) in [5.41, 5.74) is 2.95. The fourth-order valence-electron chi connectivity index (χ4n) is 2.33. The molecule has 0 spiro atoms. The number of nitrogens with zero attached hydrogens (tertiary/aromatic N) is 1. The van der Waals surface area contributed by atoms with E-state index >= 15 is 0 Å². The molecule has 0 bridgehead atoms. The topological polar surface area (TPSA) is 41.5 Å². The highest BCUT2D eigenvalue weighted by Crippen LogP contribution is 2.21. The minimum absolute atomic E-state index is 0.170. The molecule has 0 aromatic heterocycles. The predicted octanol–water partition coefficient (Wildman–Crippen LogP) is 5.41. The minimum atomic E-state index is -0.170. The Kier molecular flexibility index (Phi) is 5.65.